The minimum atomic E-state index is -0.820. The number of aryl methyl sites for hydroxylation is 1. The summed E-state index contributed by atoms with van der Waals surface area (Å²) in [7, 11) is 1.54. The lowest BCUT2D eigenvalue weighted by Crippen LogP contribution is -2.46. The van der Waals surface area contributed by atoms with Gasteiger partial charge in [0.1, 0.15) is 5.75 Å². The molecule has 1 N–H and O–H groups in total. The van der Waals surface area contributed by atoms with Crippen LogP contribution in [0.2, 0.25) is 5.02 Å². The van der Waals surface area contributed by atoms with E-state index in [9.17, 15) is 14.4 Å². The van der Waals surface area contributed by atoms with Crippen LogP contribution in [0.3, 0.4) is 0 Å². The van der Waals surface area contributed by atoms with E-state index in [1.165, 1.54) is 4.90 Å². The van der Waals surface area contributed by atoms with Gasteiger partial charge in [0, 0.05) is 25.2 Å². The minimum Gasteiger partial charge on any atom is -0.484 e. The fraction of sp³-hybridized carbons (Fsp3) is 0.500. The monoisotopic (exact) mass is 382 g/mol. The highest BCUT2D eigenvalue weighted by Gasteiger charge is 2.27. The zero-order valence-corrected chi connectivity index (χ0v) is 15.7. The van der Waals surface area contributed by atoms with E-state index in [0.29, 0.717) is 36.7 Å². The molecule has 0 aliphatic carbocycles. The van der Waals surface area contributed by atoms with Crippen molar-refractivity contribution in [1.82, 2.24) is 9.80 Å². The molecule has 0 spiro atoms. The molecule has 0 saturated carbocycles. The third-order valence-corrected chi connectivity index (χ3v) is 4.91. The third-order valence-electron chi connectivity index (χ3n) is 4.49. The van der Waals surface area contributed by atoms with Crippen LogP contribution >= 0.6 is 11.6 Å². The lowest BCUT2D eigenvalue weighted by Gasteiger charge is -2.31. The predicted octanol–water partition coefficient (Wildman–Crippen LogP) is 1.81. The van der Waals surface area contributed by atoms with Gasteiger partial charge in [0.25, 0.3) is 5.91 Å². The molecule has 1 aliphatic heterocycles. The summed E-state index contributed by atoms with van der Waals surface area (Å²) < 4.78 is 5.45. The van der Waals surface area contributed by atoms with E-state index in [2.05, 4.69) is 0 Å². The first-order chi connectivity index (χ1) is 12.3. The number of carbonyl (C=O) groups is 3. The fourth-order valence-corrected chi connectivity index (χ4v) is 2.85. The smallest absolute Gasteiger partial charge is 0.306 e. The van der Waals surface area contributed by atoms with Crippen molar-refractivity contribution in [3.05, 3.63) is 28.8 Å². The maximum Gasteiger partial charge on any atom is 0.306 e. The number of ether oxygens (including phenoxy) is 1. The van der Waals surface area contributed by atoms with Gasteiger partial charge in [0.2, 0.25) is 5.91 Å². The number of hydrogen-bond donors (Lipinski definition) is 1. The molecule has 2 rings (SSSR count). The van der Waals surface area contributed by atoms with Crippen molar-refractivity contribution in [2.45, 2.75) is 19.8 Å². The Morgan fingerprint density at radius 3 is 2.54 bits per heavy atom. The first kappa shape index (κ1) is 20.0. The summed E-state index contributed by atoms with van der Waals surface area (Å²) in [6, 6.07) is 5.12. The highest BCUT2D eigenvalue weighted by atomic mass is 35.5. The Balaban J connectivity index is 1.78. The van der Waals surface area contributed by atoms with Gasteiger partial charge in [0.15, 0.2) is 6.61 Å². The van der Waals surface area contributed by atoms with Gasteiger partial charge < -0.3 is 19.6 Å². The molecule has 0 atom stereocenters. The van der Waals surface area contributed by atoms with Gasteiger partial charge in [-0.15, -0.1) is 0 Å². The number of hydrogen-bond acceptors (Lipinski definition) is 4. The van der Waals surface area contributed by atoms with Crippen molar-refractivity contribution in [3.63, 3.8) is 0 Å². The number of carbonyl (C=O) groups excluding carboxylic acids is 2. The third kappa shape index (κ3) is 5.36. The molecule has 1 fully saturated rings. The number of rotatable bonds is 6. The number of benzene rings is 1. The summed E-state index contributed by atoms with van der Waals surface area (Å²) >= 11 is 5.95. The van der Waals surface area contributed by atoms with E-state index >= 15 is 0 Å². The average molecular weight is 383 g/mol. The molecular formula is C18H23ClN2O5. The van der Waals surface area contributed by atoms with Crippen LogP contribution in [-0.4, -0.2) is 66.0 Å². The number of carboxylic acids is 1. The van der Waals surface area contributed by atoms with E-state index < -0.39 is 11.9 Å². The number of likely N-dealkylation sites (N-methyl/N-ethyl adjacent to an activating group) is 1. The van der Waals surface area contributed by atoms with E-state index in [0.717, 1.165) is 5.56 Å². The van der Waals surface area contributed by atoms with Crippen molar-refractivity contribution in [1.29, 1.82) is 0 Å². The molecule has 8 heteroatoms. The molecule has 1 aromatic carbocycles. The van der Waals surface area contributed by atoms with Gasteiger partial charge in [-0.2, -0.15) is 0 Å². The van der Waals surface area contributed by atoms with Crippen molar-refractivity contribution in [2.75, 3.05) is 33.3 Å². The van der Waals surface area contributed by atoms with Crippen molar-refractivity contribution < 1.29 is 24.2 Å². The molecule has 1 aromatic rings. The summed E-state index contributed by atoms with van der Waals surface area (Å²) in [5.74, 6) is -1.18. The zero-order chi connectivity index (χ0) is 19.3. The zero-order valence-electron chi connectivity index (χ0n) is 14.9. The van der Waals surface area contributed by atoms with E-state index in [4.69, 9.17) is 21.4 Å². The van der Waals surface area contributed by atoms with Crippen LogP contribution in [0.25, 0.3) is 0 Å². The second kappa shape index (κ2) is 8.89. The molecule has 142 valence electrons. The highest BCUT2D eigenvalue weighted by molar-refractivity contribution is 6.31. The van der Waals surface area contributed by atoms with Gasteiger partial charge in [-0.05, 0) is 43.5 Å². The lowest BCUT2D eigenvalue weighted by molar-refractivity contribution is -0.146. The van der Waals surface area contributed by atoms with Gasteiger partial charge in [-0.3, -0.25) is 14.4 Å². The SMILES string of the molecule is Cc1cc(OCC(=O)N(C)CC(=O)N2CCC(C(=O)O)CC2)ccc1Cl. The molecule has 0 radical (unpaired) electrons. The maximum atomic E-state index is 12.3. The number of amides is 2. The summed E-state index contributed by atoms with van der Waals surface area (Å²) in [6.45, 7) is 2.41. The normalized spacial score (nSPS) is 14.8. The Kier molecular flexibility index (Phi) is 6.85. The standard InChI is InChI=1S/C18H23ClN2O5/c1-12-9-14(3-4-15(12)19)26-11-17(23)20(2)10-16(22)21-7-5-13(6-8-21)18(24)25/h3-4,9,13H,5-8,10-11H2,1-2H3,(H,24,25). The molecule has 1 saturated heterocycles. The Morgan fingerprint density at radius 2 is 1.96 bits per heavy atom. The first-order valence-electron chi connectivity index (χ1n) is 8.41. The molecule has 7 nitrogen and oxygen atoms in total. The van der Waals surface area contributed by atoms with Crippen LogP contribution in [0.5, 0.6) is 5.75 Å². The number of carboxylic acid groups (broad SMARTS) is 1. The molecule has 0 bridgehead atoms. The fourth-order valence-electron chi connectivity index (χ4n) is 2.73. The number of likely N-dealkylation sites (tertiary alicyclic amines) is 1. The molecule has 1 heterocycles. The summed E-state index contributed by atoms with van der Waals surface area (Å²) in [5, 5.41) is 9.61. The van der Waals surface area contributed by atoms with Gasteiger partial charge >= 0.3 is 5.97 Å². The second-order valence-electron chi connectivity index (χ2n) is 6.44. The van der Waals surface area contributed by atoms with Gasteiger partial charge in [-0.25, -0.2) is 0 Å². The topological polar surface area (TPSA) is 87.2 Å². The molecule has 0 aromatic heterocycles. The van der Waals surface area contributed by atoms with Crippen LogP contribution in [0.1, 0.15) is 18.4 Å². The van der Waals surface area contributed by atoms with E-state index in [1.54, 1.807) is 30.1 Å². The first-order valence-corrected chi connectivity index (χ1v) is 8.79. The second-order valence-corrected chi connectivity index (χ2v) is 6.85. The van der Waals surface area contributed by atoms with Crippen molar-refractivity contribution in [2.24, 2.45) is 5.92 Å². The number of nitrogens with zero attached hydrogens (tertiary/aromatic N) is 2. The molecular weight excluding hydrogens is 360 g/mol. The van der Waals surface area contributed by atoms with Crippen LogP contribution in [0.4, 0.5) is 0 Å². The van der Waals surface area contributed by atoms with Crippen LogP contribution in [0, 0.1) is 12.8 Å². The van der Waals surface area contributed by atoms with Crippen LogP contribution in [-0.2, 0) is 14.4 Å². The van der Waals surface area contributed by atoms with Crippen LogP contribution in [0.15, 0.2) is 18.2 Å². The minimum absolute atomic E-state index is 0.0560. The van der Waals surface area contributed by atoms with Gasteiger partial charge in [0.05, 0.1) is 12.5 Å². The Labute approximate surface area is 157 Å². The molecule has 2 amide bonds. The number of aliphatic carboxylic acids is 1. The number of piperidine rings is 1. The van der Waals surface area contributed by atoms with Crippen molar-refractivity contribution in [3.8, 4) is 5.75 Å². The lowest BCUT2D eigenvalue weighted by atomic mass is 9.97. The Hall–Kier alpha value is -2.28. The molecule has 0 unspecified atom stereocenters. The summed E-state index contributed by atoms with van der Waals surface area (Å²) in [4.78, 5) is 38.3. The average Bonchev–Trinajstić information content (AvgIpc) is 2.62. The Morgan fingerprint density at radius 1 is 1.31 bits per heavy atom. The Bertz CT molecular complexity index is 686. The summed E-state index contributed by atoms with van der Waals surface area (Å²) in [6.07, 6.45) is 0.884. The predicted molar refractivity (Wildman–Crippen MR) is 96.3 cm³/mol. The van der Waals surface area contributed by atoms with Crippen molar-refractivity contribution >= 4 is 29.4 Å². The largest absolute Gasteiger partial charge is 0.484 e. The van der Waals surface area contributed by atoms with Gasteiger partial charge in [-0.1, -0.05) is 11.6 Å². The molecule has 1 aliphatic rings. The highest BCUT2D eigenvalue weighted by Crippen LogP contribution is 2.21. The van der Waals surface area contributed by atoms with E-state index in [-0.39, 0.29) is 25.0 Å². The maximum absolute atomic E-state index is 12.3. The quantitative estimate of drug-likeness (QED) is 0.810. The molecule has 26 heavy (non-hydrogen) atoms. The van der Waals surface area contributed by atoms with Crippen LogP contribution < -0.4 is 4.74 Å². The number of halogens is 1. The van der Waals surface area contributed by atoms with E-state index in [1.807, 2.05) is 6.92 Å². The summed E-state index contributed by atoms with van der Waals surface area (Å²) in [5.41, 5.74) is 0.852.